The number of allylic oxidation sites excluding steroid dienone is 1. The number of benzene rings is 1. The van der Waals surface area contributed by atoms with Gasteiger partial charge in [-0.2, -0.15) is 0 Å². The molecule has 1 heterocycles. The fraction of sp³-hybridized carbons (Fsp3) is 0.143. The van der Waals surface area contributed by atoms with Crippen LogP contribution in [0.15, 0.2) is 52.4 Å². The van der Waals surface area contributed by atoms with Gasteiger partial charge in [0.15, 0.2) is 0 Å². The number of phenols is 1. The summed E-state index contributed by atoms with van der Waals surface area (Å²) in [5.41, 5.74) is 13.8. The molecule has 1 aliphatic heterocycles. The van der Waals surface area contributed by atoms with Gasteiger partial charge in [0.05, 0.1) is 18.0 Å². The lowest BCUT2D eigenvalue weighted by molar-refractivity contribution is 0.474. The molecule has 0 saturated carbocycles. The summed E-state index contributed by atoms with van der Waals surface area (Å²) in [4.78, 5) is 8.63. The first kappa shape index (κ1) is 12.9. The van der Waals surface area contributed by atoms with Crippen LogP contribution < -0.4 is 11.5 Å². The predicted molar refractivity (Wildman–Crippen MR) is 77.3 cm³/mol. The maximum atomic E-state index is 10.0. The molecule has 5 N–H and O–H groups in total. The van der Waals surface area contributed by atoms with Crippen LogP contribution in [-0.2, 0) is 0 Å². The van der Waals surface area contributed by atoms with Crippen molar-refractivity contribution in [2.75, 3.05) is 6.54 Å². The van der Waals surface area contributed by atoms with E-state index < -0.39 is 0 Å². The van der Waals surface area contributed by atoms with Crippen LogP contribution in [0.1, 0.15) is 11.1 Å². The van der Waals surface area contributed by atoms with Gasteiger partial charge in [-0.05, 0) is 43.0 Å². The van der Waals surface area contributed by atoms with Crippen molar-refractivity contribution < 1.29 is 5.11 Å². The number of aromatic hydroxyl groups is 1. The van der Waals surface area contributed by atoms with Crippen molar-refractivity contribution in [2.24, 2.45) is 21.5 Å². The molecule has 0 radical (unpaired) electrons. The SMILES string of the molecule is Cc1ccc(C2=NCC=C(N)N=C2/C=C\N)c(O)c1. The minimum absolute atomic E-state index is 0.164. The van der Waals surface area contributed by atoms with Gasteiger partial charge in [-0.15, -0.1) is 0 Å². The quantitative estimate of drug-likeness (QED) is 0.742. The van der Waals surface area contributed by atoms with Crippen LogP contribution in [-0.4, -0.2) is 23.1 Å². The zero-order chi connectivity index (χ0) is 13.8. The average molecular weight is 256 g/mol. The van der Waals surface area contributed by atoms with E-state index in [0.717, 1.165) is 5.56 Å². The van der Waals surface area contributed by atoms with Gasteiger partial charge in [0.1, 0.15) is 11.6 Å². The van der Waals surface area contributed by atoms with Gasteiger partial charge in [0.2, 0.25) is 0 Å². The molecule has 98 valence electrons. The maximum Gasteiger partial charge on any atom is 0.125 e. The third-order valence-electron chi connectivity index (χ3n) is 2.70. The average Bonchev–Trinajstić information content (AvgIpc) is 2.52. The Bertz CT molecular complexity index is 612. The summed E-state index contributed by atoms with van der Waals surface area (Å²) in [5, 5.41) is 10.0. The van der Waals surface area contributed by atoms with Crippen LogP contribution in [0.4, 0.5) is 0 Å². The fourth-order valence-corrected chi connectivity index (χ4v) is 1.82. The van der Waals surface area contributed by atoms with E-state index in [0.29, 0.717) is 29.4 Å². The first-order chi connectivity index (χ1) is 9.11. The van der Waals surface area contributed by atoms with Crippen LogP contribution >= 0.6 is 0 Å². The number of phenolic OH excluding ortho intramolecular Hbond substituents is 1. The van der Waals surface area contributed by atoms with E-state index in [1.54, 1.807) is 18.2 Å². The highest BCUT2D eigenvalue weighted by atomic mass is 16.3. The number of rotatable bonds is 2. The van der Waals surface area contributed by atoms with Gasteiger partial charge in [-0.3, -0.25) is 4.99 Å². The van der Waals surface area contributed by atoms with E-state index in [1.165, 1.54) is 6.20 Å². The van der Waals surface area contributed by atoms with E-state index in [2.05, 4.69) is 9.98 Å². The number of hydrogen-bond donors (Lipinski definition) is 3. The molecule has 2 rings (SSSR count). The van der Waals surface area contributed by atoms with Gasteiger partial charge in [-0.25, -0.2) is 4.99 Å². The topological polar surface area (TPSA) is 97.0 Å². The lowest BCUT2D eigenvalue weighted by Crippen LogP contribution is -2.15. The smallest absolute Gasteiger partial charge is 0.125 e. The van der Waals surface area contributed by atoms with Gasteiger partial charge in [-0.1, -0.05) is 6.07 Å². The fourth-order valence-electron chi connectivity index (χ4n) is 1.82. The molecule has 0 aliphatic carbocycles. The molecule has 0 fully saturated rings. The minimum atomic E-state index is 0.164. The highest BCUT2D eigenvalue weighted by Gasteiger charge is 2.15. The van der Waals surface area contributed by atoms with Crippen LogP contribution in [0.2, 0.25) is 0 Å². The van der Waals surface area contributed by atoms with Crippen molar-refractivity contribution in [2.45, 2.75) is 6.92 Å². The number of nitrogens with zero attached hydrogens (tertiary/aromatic N) is 2. The van der Waals surface area contributed by atoms with Crippen molar-refractivity contribution >= 4 is 11.4 Å². The largest absolute Gasteiger partial charge is 0.507 e. The minimum Gasteiger partial charge on any atom is -0.507 e. The molecule has 0 amide bonds. The molecule has 0 bridgehead atoms. The number of aliphatic imine (C=N–C) groups is 2. The molecular weight excluding hydrogens is 240 g/mol. The molecule has 0 saturated heterocycles. The summed E-state index contributed by atoms with van der Waals surface area (Å²) < 4.78 is 0. The van der Waals surface area contributed by atoms with E-state index >= 15 is 0 Å². The Morgan fingerprint density at radius 3 is 2.84 bits per heavy atom. The second-order valence-electron chi connectivity index (χ2n) is 4.20. The summed E-state index contributed by atoms with van der Waals surface area (Å²) in [6.07, 6.45) is 4.70. The van der Waals surface area contributed by atoms with Gasteiger partial charge in [0.25, 0.3) is 0 Å². The Morgan fingerprint density at radius 1 is 1.37 bits per heavy atom. The highest BCUT2D eigenvalue weighted by molar-refractivity contribution is 6.52. The third kappa shape index (κ3) is 2.82. The van der Waals surface area contributed by atoms with E-state index in [1.807, 2.05) is 19.1 Å². The molecule has 0 aromatic heterocycles. The number of nitrogens with two attached hydrogens (primary N) is 2. The Hall–Kier alpha value is -2.56. The summed E-state index contributed by atoms with van der Waals surface area (Å²) >= 11 is 0. The van der Waals surface area contributed by atoms with Crippen molar-refractivity contribution in [3.63, 3.8) is 0 Å². The normalized spacial score (nSPS) is 15.7. The second-order valence-corrected chi connectivity index (χ2v) is 4.20. The highest BCUT2D eigenvalue weighted by Crippen LogP contribution is 2.21. The second kappa shape index (κ2) is 5.39. The number of aryl methyl sites for hydroxylation is 1. The van der Waals surface area contributed by atoms with Crippen molar-refractivity contribution in [1.29, 1.82) is 0 Å². The van der Waals surface area contributed by atoms with Crippen LogP contribution in [0.5, 0.6) is 5.75 Å². The lowest BCUT2D eigenvalue weighted by Gasteiger charge is -2.08. The monoisotopic (exact) mass is 256 g/mol. The first-order valence-corrected chi connectivity index (χ1v) is 5.89. The maximum absolute atomic E-state index is 10.0. The molecule has 1 aliphatic rings. The molecule has 5 heteroatoms. The van der Waals surface area contributed by atoms with Gasteiger partial charge < -0.3 is 16.6 Å². The van der Waals surface area contributed by atoms with Crippen LogP contribution in [0.3, 0.4) is 0 Å². The summed E-state index contributed by atoms with van der Waals surface area (Å²) in [5.74, 6) is 0.552. The van der Waals surface area contributed by atoms with Crippen molar-refractivity contribution in [3.05, 3.63) is 53.5 Å². The molecule has 1 aromatic rings. The van der Waals surface area contributed by atoms with Crippen LogP contribution in [0.25, 0.3) is 0 Å². The van der Waals surface area contributed by atoms with Crippen molar-refractivity contribution in [1.82, 2.24) is 0 Å². The molecule has 0 spiro atoms. The zero-order valence-electron chi connectivity index (χ0n) is 10.7. The lowest BCUT2D eigenvalue weighted by atomic mass is 10.0. The van der Waals surface area contributed by atoms with Crippen molar-refractivity contribution in [3.8, 4) is 5.75 Å². The summed E-state index contributed by atoms with van der Waals surface area (Å²) in [7, 11) is 0. The van der Waals surface area contributed by atoms with E-state index in [4.69, 9.17) is 11.5 Å². The Balaban J connectivity index is 2.53. The van der Waals surface area contributed by atoms with E-state index in [9.17, 15) is 5.11 Å². The Labute approximate surface area is 111 Å². The van der Waals surface area contributed by atoms with Crippen LogP contribution in [0, 0.1) is 6.92 Å². The first-order valence-electron chi connectivity index (χ1n) is 5.89. The number of hydrogen-bond acceptors (Lipinski definition) is 5. The summed E-state index contributed by atoms with van der Waals surface area (Å²) in [6, 6.07) is 5.40. The van der Waals surface area contributed by atoms with Gasteiger partial charge >= 0.3 is 0 Å². The Kier molecular flexibility index (Phi) is 3.66. The Morgan fingerprint density at radius 2 is 2.16 bits per heavy atom. The summed E-state index contributed by atoms with van der Waals surface area (Å²) in [6.45, 7) is 2.33. The van der Waals surface area contributed by atoms with E-state index in [-0.39, 0.29) is 5.75 Å². The molecule has 1 aromatic carbocycles. The molecule has 19 heavy (non-hydrogen) atoms. The predicted octanol–water partition coefficient (Wildman–Crippen LogP) is 1.22. The van der Waals surface area contributed by atoms with Gasteiger partial charge in [0, 0.05) is 5.56 Å². The molecule has 0 unspecified atom stereocenters. The zero-order valence-corrected chi connectivity index (χ0v) is 10.7. The third-order valence-corrected chi connectivity index (χ3v) is 2.70. The standard InChI is InChI=1S/C14H16N4O/c1-9-2-3-10(12(19)8-9)14-11(4-6-15)18-13(16)5-7-17-14/h2-6,8,19H,7,15-16H2,1H3/b6-4-. The molecule has 5 nitrogen and oxygen atoms in total. The molecule has 0 atom stereocenters. The molecular formula is C14H16N4O.